The highest BCUT2D eigenvalue weighted by molar-refractivity contribution is 9.10. The van der Waals surface area contributed by atoms with Gasteiger partial charge >= 0.3 is 0 Å². The van der Waals surface area contributed by atoms with Gasteiger partial charge in [-0.2, -0.15) is 0 Å². The minimum atomic E-state index is 0.231. The Morgan fingerprint density at radius 3 is 2.63 bits per heavy atom. The standard InChI is InChI=1S/C15H16BrClN2/c1-3-13(11-6-4-10(2)5-7-11)19-14-8-12(16)9-18-15(14)17/h4-9,13,19H,3H2,1-2H3. The molecule has 0 bridgehead atoms. The van der Waals surface area contributed by atoms with Crippen molar-refractivity contribution in [2.45, 2.75) is 26.3 Å². The fourth-order valence-corrected chi connectivity index (χ4v) is 2.42. The predicted molar refractivity (Wildman–Crippen MR) is 84.8 cm³/mol. The number of rotatable bonds is 4. The molecule has 0 spiro atoms. The molecule has 0 saturated heterocycles. The van der Waals surface area contributed by atoms with E-state index >= 15 is 0 Å². The van der Waals surface area contributed by atoms with Gasteiger partial charge in [-0.05, 0) is 40.9 Å². The first kappa shape index (κ1) is 14.4. The fourth-order valence-electron chi connectivity index (χ4n) is 1.93. The molecule has 2 nitrogen and oxygen atoms in total. The predicted octanol–water partition coefficient (Wildman–Crippen LogP) is 5.37. The van der Waals surface area contributed by atoms with E-state index in [2.05, 4.69) is 64.3 Å². The van der Waals surface area contributed by atoms with Gasteiger partial charge < -0.3 is 5.32 Å². The third kappa shape index (κ3) is 3.71. The molecule has 0 aliphatic rings. The molecule has 2 rings (SSSR count). The SMILES string of the molecule is CCC(Nc1cc(Br)cnc1Cl)c1ccc(C)cc1. The van der Waals surface area contributed by atoms with Crippen LogP contribution in [0, 0.1) is 6.92 Å². The van der Waals surface area contributed by atoms with E-state index in [9.17, 15) is 0 Å². The molecule has 0 aliphatic heterocycles. The smallest absolute Gasteiger partial charge is 0.152 e. The first-order chi connectivity index (χ1) is 9.10. The van der Waals surface area contributed by atoms with Crippen LogP contribution in [0.15, 0.2) is 41.0 Å². The average molecular weight is 340 g/mol. The molecule has 19 heavy (non-hydrogen) atoms. The van der Waals surface area contributed by atoms with E-state index in [-0.39, 0.29) is 6.04 Å². The fraction of sp³-hybridized carbons (Fsp3) is 0.267. The van der Waals surface area contributed by atoms with Crippen molar-refractivity contribution >= 4 is 33.2 Å². The van der Waals surface area contributed by atoms with E-state index in [0.717, 1.165) is 16.6 Å². The van der Waals surface area contributed by atoms with Gasteiger partial charge in [0.15, 0.2) is 5.15 Å². The van der Waals surface area contributed by atoms with Gasteiger partial charge in [-0.25, -0.2) is 4.98 Å². The molecule has 1 aromatic carbocycles. The van der Waals surface area contributed by atoms with Crippen molar-refractivity contribution in [1.82, 2.24) is 4.98 Å². The molecule has 0 fully saturated rings. The molecule has 2 aromatic rings. The zero-order chi connectivity index (χ0) is 13.8. The van der Waals surface area contributed by atoms with Crippen molar-refractivity contribution < 1.29 is 0 Å². The van der Waals surface area contributed by atoms with Crippen molar-refractivity contribution in [3.63, 3.8) is 0 Å². The number of hydrogen-bond donors (Lipinski definition) is 1. The van der Waals surface area contributed by atoms with E-state index in [1.807, 2.05) is 6.07 Å². The summed E-state index contributed by atoms with van der Waals surface area (Å²) < 4.78 is 0.915. The van der Waals surface area contributed by atoms with Crippen LogP contribution in [0.4, 0.5) is 5.69 Å². The molecule has 1 heterocycles. The number of hydrogen-bond acceptors (Lipinski definition) is 2. The largest absolute Gasteiger partial charge is 0.376 e. The number of anilines is 1. The Morgan fingerprint density at radius 1 is 1.32 bits per heavy atom. The molecular formula is C15H16BrClN2. The van der Waals surface area contributed by atoms with Crippen LogP contribution in [0.5, 0.6) is 0 Å². The van der Waals surface area contributed by atoms with Crippen molar-refractivity contribution in [3.05, 3.63) is 57.3 Å². The highest BCUT2D eigenvalue weighted by atomic mass is 79.9. The number of halogens is 2. The molecule has 1 N–H and O–H groups in total. The van der Waals surface area contributed by atoms with Gasteiger partial charge in [-0.1, -0.05) is 48.4 Å². The summed E-state index contributed by atoms with van der Waals surface area (Å²) in [7, 11) is 0. The van der Waals surface area contributed by atoms with E-state index in [0.29, 0.717) is 5.15 Å². The average Bonchev–Trinajstić information content (AvgIpc) is 2.41. The van der Waals surface area contributed by atoms with Gasteiger partial charge in [0.05, 0.1) is 11.7 Å². The van der Waals surface area contributed by atoms with Gasteiger partial charge in [0.2, 0.25) is 0 Å². The molecule has 1 unspecified atom stereocenters. The van der Waals surface area contributed by atoms with E-state index in [4.69, 9.17) is 11.6 Å². The maximum Gasteiger partial charge on any atom is 0.152 e. The van der Waals surface area contributed by atoms with Crippen molar-refractivity contribution in [3.8, 4) is 0 Å². The maximum absolute atomic E-state index is 6.12. The number of nitrogens with one attached hydrogen (secondary N) is 1. The van der Waals surface area contributed by atoms with Gasteiger partial charge in [0, 0.05) is 10.7 Å². The Kier molecular flexibility index (Phi) is 4.83. The number of aryl methyl sites for hydroxylation is 1. The first-order valence-corrected chi connectivity index (χ1v) is 7.41. The van der Waals surface area contributed by atoms with Crippen LogP contribution in [0.1, 0.15) is 30.5 Å². The van der Waals surface area contributed by atoms with Crippen molar-refractivity contribution in [1.29, 1.82) is 0 Å². The topological polar surface area (TPSA) is 24.9 Å². The normalized spacial score (nSPS) is 12.2. The van der Waals surface area contributed by atoms with Crippen LogP contribution >= 0.6 is 27.5 Å². The summed E-state index contributed by atoms with van der Waals surface area (Å²) in [6.45, 7) is 4.24. The van der Waals surface area contributed by atoms with Gasteiger partial charge in [-0.15, -0.1) is 0 Å². The Bertz CT molecular complexity index is 555. The highest BCUT2D eigenvalue weighted by Gasteiger charge is 2.11. The summed E-state index contributed by atoms with van der Waals surface area (Å²) in [6, 6.07) is 10.7. The van der Waals surface area contributed by atoms with Crippen LogP contribution in [-0.2, 0) is 0 Å². The quantitative estimate of drug-likeness (QED) is 0.758. The monoisotopic (exact) mass is 338 g/mol. The maximum atomic E-state index is 6.12. The summed E-state index contributed by atoms with van der Waals surface area (Å²) in [6.07, 6.45) is 2.67. The Morgan fingerprint density at radius 2 is 2.00 bits per heavy atom. The number of aromatic nitrogens is 1. The molecule has 0 amide bonds. The summed E-state index contributed by atoms with van der Waals surface area (Å²) >= 11 is 9.53. The molecule has 0 saturated carbocycles. The molecule has 1 atom stereocenters. The van der Waals surface area contributed by atoms with Crippen LogP contribution in [-0.4, -0.2) is 4.98 Å². The lowest BCUT2D eigenvalue weighted by molar-refractivity contribution is 0.748. The zero-order valence-electron chi connectivity index (χ0n) is 11.0. The lowest BCUT2D eigenvalue weighted by Crippen LogP contribution is -2.10. The zero-order valence-corrected chi connectivity index (χ0v) is 13.3. The molecule has 100 valence electrons. The van der Waals surface area contributed by atoms with Gasteiger partial charge in [-0.3, -0.25) is 0 Å². The number of benzene rings is 1. The first-order valence-electron chi connectivity index (χ1n) is 6.24. The third-order valence-electron chi connectivity index (χ3n) is 3.02. The van der Waals surface area contributed by atoms with Crippen molar-refractivity contribution in [2.24, 2.45) is 0 Å². The molecule has 0 radical (unpaired) electrons. The minimum absolute atomic E-state index is 0.231. The molecule has 4 heteroatoms. The van der Waals surface area contributed by atoms with E-state index < -0.39 is 0 Å². The third-order valence-corrected chi connectivity index (χ3v) is 3.76. The molecule has 1 aromatic heterocycles. The van der Waals surface area contributed by atoms with Crippen molar-refractivity contribution in [2.75, 3.05) is 5.32 Å². The lowest BCUT2D eigenvalue weighted by Gasteiger charge is -2.19. The Labute approximate surface area is 127 Å². The van der Waals surface area contributed by atoms with E-state index in [1.54, 1.807) is 6.20 Å². The lowest BCUT2D eigenvalue weighted by atomic mass is 10.0. The summed E-state index contributed by atoms with van der Waals surface area (Å²) in [4.78, 5) is 4.13. The highest BCUT2D eigenvalue weighted by Crippen LogP contribution is 2.28. The molecular weight excluding hydrogens is 324 g/mol. The van der Waals surface area contributed by atoms with Gasteiger partial charge in [0.25, 0.3) is 0 Å². The van der Waals surface area contributed by atoms with Crippen LogP contribution in [0.2, 0.25) is 5.15 Å². The summed E-state index contributed by atoms with van der Waals surface area (Å²) in [5.74, 6) is 0. The Hall–Kier alpha value is -1.06. The number of pyridine rings is 1. The second-order valence-corrected chi connectivity index (χ2v) is 5.78. The summed E-state index contributed by atoms with van der Waals surface area (Å²) in [5, 5.41) is 3.94. The minimum Gasteiger partial charge on any atom is -0.376 e. The van der Waals surface area contributed by atoms with Crippen LogP contribution in [0.3, 0.4) is 0 Å². The molecule has 0 aliphatic carbocycles. The Balaban J connectivity index is 2.23. The van der Waals surface area contributed by atoms with Crippen LogP contribution < -0.4 is 5.32 Å². The second kappa shape index (κ2) is 6.40. The van der Waals surface area contributed by atoms with Crippen LogP contribution in [0.25, 0.3) is 0 Å². The number of nitrogens with zero attached hydrogens (tertiary/aromatic N) is 1. The summed E-state index contributed by atoms with van der Waals surface area (Å²) in [5.41, 5.74) is 3.37. The second-order valence-electron chi connectivity index (χ2n) is 4.51. The van der Waals surface area contributed by atoms with Gasteiger partial charge in [0.1, 0.15) is 0 Å². The van der Waals surface area contributed by atoms with E-state index in [1.165, 1.54) is 11.1 Å².